The van der Waals surface area contributed by atoms with Gasteiger partial charge < -0.3 is 19.7 Å². The molecule has 4 atom stereocenters. The Morgan fingerprint density at radius 1 is 1.29 bits per heavy atom. The maximum atomic E-state index is 10.9. The number of aromatic nitrogens is 2. The average molecular weight is 396 g/mol. The number of aliphatic hydroxyl groups is 2. The number of hydrogen-bond donors (Lipinski definition) is 2. The maximum Gasteiger partial charge on any atom is 0.302 e. The Hall–Kier alpha value is -1.09. The van der Waals surface area contributed by atoms with Crippen LogP contribution in [0, 0.1) is 0 Å². The van der Waals surface area contributed by atoms with Gasteiger partial charge in [0.05, 0.1) is 21.1 Å². The van der Waals surface area contributed by atoms with E-state index in [1.54, 1.807) is 6.07 Å². The molecule has 3 rings (SSSR count). The van der Waals surface area contributed by atoms with Crippen LogP contribution in [0.4, 0.5) is 0 Å². The lowest BCUT2D eigenvalue weighted by Crippen LogP contribution is -2.34. The summed E-state index contributed by atoms with van der Waals surface area (Å²) in [6, 6.07) is 3.08. The first-order chi connectivity index (χ1) is 11.3. The number of halogens is 3. The fourth-order valence-electron chi connectivity index (χ4n) is 2.58. The Morgan fingerprint density at radius 2 is 1.96 bits per heavy atom. The fourth-order valence-corrected chi connectivity index (χ4v) is 3.18. The number of esters is 1. The topological polar surface area (TPSA) is 93.8 Å². The number of imidazole rings is 1. The molecule has 0 spiro atoms. The molecule has 2 aromatic rings. The van der Waals surface area contributed by atoms with Crippen LogP contribution in [0.2, 0.25) is 15.3 Å². The Morgan fingerprint density at radius 3 is 2.62 bits per heavy atom. The van der Waals surface area contributed by atoms with Crippen LogP contribution in [0.3, 0.4) is 0 Å². The SMILES string of the molecule is CC(=O)OC[C@H]1O[C@@H](n2c(Cl)nc3cc(Cl)c(Cl)cc32)[C@H](O)[C@@H]1O. The first kappa shape index (κ1) is 17.7. The third kappa shape index (κ3) is 3.08. The second-order valence-corrected chi connectivity index (χ2v) is 6.51. The first-order valence-corrected chi connectivity index (χ1v) is 8.10. The molecule has 1 saturated heterocycles. The van der Waals surface area contributed by atoms with E-state index in [1.165, 1.54) is 17.6 Å². The largest absolute Gasteiger partial charge is 0.463 e. The van der Waals surface area contributed by atoms with Crippen molar-refractivity contribution in [3.63, 3.8) is 0 Å². The van der Waals surface area contributed by atoms with E-state index in [-0.39, 0.29) is 16.9 Å². The first-order valence-electron chi connectivity index (χ1n) is 6.97. The summed E-state index contributed by atoms with van der Waals surface area (Å²) in [5.74, 6) is -0.517. The minimum Gasteiger partial charge on any atom is -0.463 e. The van der Waals surface area contributed by atoms with Crippen LogP contribution >= 0.6 is 34.8 Å². The van der Waals surface area contributed by atoms with E-state index in [0.717, 1.165) is 0 Å². The maximum absolute atomic E-state index is 10.9. The molecule has 1 aliphatic rings. The van der Waals surface area contributed by atoms with Crippen LogP contribution < -0.4 is 0 Å². The standard InChI is InChI=1S/C14H13Cl3N2O5/c1-5(20)23-4-10-11(21)12(22)13(24-10)19-9-3-7(16)6(15)2-8(9)18-14(19)17/h2-3,10-13,21-22H,4H2,1H3/t10-,11-,12-,13-/m1/s1. The monoisotopic (exact) mass is 394 g/mol. The van der Waals surface area contributed by atoms with E-state index < -0.39 is 30.5 Å². The minimum atomic E-state index is -1.30. The molecule has 10 heteroatoms. The molecular weight excluding hydrogens is 383 g/mol. The highest BCUT2D eigenvalue weighted by molar-refractivity contribution is 6.42. The summed E-state index contributed by atoms with van der Waals surface area (Å²) in [7, 11) is 0. The molecule has 0 bridgehead atoms. The van der Waals surface area contributed by atoms with Crippen molar-refractivity contribution in [1.82, 2.24) is 9.55 Å². The summed E-state index contributed by atoms with van der Waals surface area (Å²) in [4.78, 5) is 15.1. The molecule has 0 unspecified atom stereocenters. The number of benzene rings is 1. The predicted molar refractivity (Wildman–Crippen MR) is 87.3 cm³/mol. The second kappa shape index (κ2) is 6.67. The van der Waals surface area contributed by atoms with Gasteiger partial charge in [0.25, 0.3) is 0 Å². The summed E-state index contributed by atoms with van der Waals surface area (Å²) >= 11 is 18.1. The van der Waals surface area contributed by atoms with Gasteiger partial charge in [0.1, 0.15) is 24.9 Å². The molecule has 130 valence electrons. The van der Waals surface area contributed by atoms with Crippen LogP contribution in [0.25, 0.3) is 11.0 Å². The molecule has 2 N–H and O–H groups in total. The molecular formula is C14H13Cl3N2O5. The van der Waals surface area contributed by atoms with E-state index >= 15 is 0 Å². The number of nitrogens with zero attached hydrogens (tertiary/aromatic N) is 2. The Labute approximate surface area is 151 Å². The van der Waals surface area contributed by atoms with Crippen LogP contribution in [0.5, 0.6) is 0 Å². The quantitative estimate of drug-likeness (QED) is 0.774. The van der Waals surface area contributed by atoms with Crippen LogP contribution in [0.15, 0.2) is 12.1 Å². The van der Waals surface area contributed by atoms with Crippen LogP contribution in [-0.2, 0) is 14.3 Å². The average Bonchev–Trinajstić information content (AvgIpc) is 2.95. The van der Waals surface area contributed by atoms with E-state index in [9.17, 15) is 15.0 Å². The van der Waals surface area contributed by atoms with Gasteiger partial charge in [-0.25, -0.2) is 4.98 Å². The number of carbonyl (C=O) groups excluding carboxylic acids is 1. The number of fused-ring (bicyclic) bond motifs is 1. The van der Waals surface area contributed by atoms with Crippen molar-refractivity contribution >= 4 is 51.8 Å². The molecule has 0 aliphatic carbocycles. The zero-order valence-corrected chi connectivity index (χ0v) is 14.6. The van der Waals surface area contributed by atoms with Gasteiger partial charge >= 0.3 is 5.97 Å². The molecule has 1 aromatic heterocycles. The molecule has 1 fully saturated rings. The molecule has 0 amide bonds. The third-order valence-corrected chi connectivity index (χ3v) is 4.72. The molecule has 0 saturated carbocycles. The van der Waals surface area contributed by atoms with Gasteiger partial charge in [-0.1, -0.05) is 23.2 Å². The van der Waals surface area contributed by atoms with Crippen molar-refractivity contribution in [3.05, 3.63) is 27.5 Å². The van der Waals surface area contributed by atoms with Crippen molar-refractivity contribution < 1.29 is 24.5 Å². The number of rotatable bonds is 3. The van der Waals surface area contributed by atoms with Gasteiger partial charge in [0.2, 0.25) is 5.28 Å². The molecule has 7 nitrogen and oxygen atoms in total. The van der Waals surface area contributed by atoms with E-state index in [1.807, 2.05) is 0 Å². The van der Waals surface area contributed by atoms with E-state index in [4.69, 9.17) is 44.3 Å². The summed E-state index contributed by atoms with van der Waals surface area (Å²) in [6.07, 6.45) is -4.47. The highest BCUT2D eigenvalue weighted by Crippen LogP contribution is 2.37. The summed E-state index contributed by atoms with van der Waals surface area (Å²) < 4.78 is 11.9. The number of aliphatic hydroxyl groups excluding tert-OH is 2. The Bertz CT molecular complexity index is 796. The van der Waals surface area contributed by atoms with Crippen molar-refractivity contribution in [2.75, 3.05) is 6.61 Å². The van der Waals surface area contributed by atoms with Gasteiger partial charge in [-0.15, -0.1) is 0 Å². The van der Waals surface area contributed by atoms with Gasteiger partial charge in [-0.3, -0.25) is 9.36 Å². The smallest absolute Gasteiger partial charge is 0.302 e. The van der Waals surface area contributed by atoms with Crippen LogP contribution in [0.1, 0.15) is 13.2 Å². The lowest BCUT2D eigenvalue weighted by Gasteiger charge is -2.18. The molecule has 0 radical (unpaired) electrons. The number of ether oxygens (including phenoxy) is 2. The van der Waals surface area contributed by atoms with E-state index in [2.05, 4.69) is 4.98 Å². The van der Waals surface area contributed by atoms with Crippen molar-refractivity contribution in [2.24, 2.45) is 0 Å². The normalized spacial score (nSPS) is 26.9. The zero-order valence-electron chi connectivity index (χ0n) is 12.3. The van der Waals surface area contributed by atoms with Crippen LogP contribution in [-0.4, -0.2) is 50.7 Å². The number of hydrogen-bond acceptors (Lipinski definition) is 6. The lowest BCUT2D eigenvalue weighted by atomic mass is 10.1. The van der Waals surface area contributed by atoms with Gasteiger partial charge in [0.15, 0.2) is 6.23 Å². The summed E-state index contributed by atoms with van der Waals surface area (Å²) in [5, 5.41) is 21.0. The zero-order chi connectivity index (χ0) is 17.6. The van der Waals surface area contributed by atoms with Crippen molar-refractivity contribution in [3.8, 4) is 0 Å². The minimum absolute atomic E-state index is 0.0349. The molecule has 24 heavy (non-hydrogen) atoms. The lowest BCUT2D eigenvalue weighted by molar-refractivity contribution is -0.147. The molecule has 2 heterocycles. The Kier molecular flexibility index (Phi) is 4.92. The highest BCUT2D eigenvalue weighted by Gasteiger charge is 2.45. The number of carbonyl (C=O) groups is 1. The van der Waals surface area contributed by atoms with Gasteiger partial charge in [0, 0.05) is 6.92 Å². The van der Waals surface area contributed by atoms with E-state index in [0.29, 0.717) is 16.1 Å². The van der Waals surface area contributed by atoms with Crippen molar-refractivity contribution in [1.29, 1.82) is 0 Å². The highest BCUT2D eigenvalue weighted by atomic mass is 35.5. The van der Waals surface area contributed by atoms with Crippen molar-refractivity contribution in [2.45, 2.75) is 31.5 Å². The van der Waals surface area contributed by atoms with Gasteiger partial charge in [-0.05, 0) is 23.7 Å². The second-order valence-electron chi connectivity index (χ2n) is 5.35. The third-order valence-electron chi connectivity index (χ3n) is 3.73. The van der Waals surface area contributed by atoms with Gasteiger partial charge in [-0.2, -0.15) is 0 Å². The molecule has 1 aliphatic heterocycles. The summed E-state index contributed by atoms with van der Waals surface area (Å²) in [5.41, 5.74) is 0.946. The predicted octanol–water partition coefficient (Wildman–Crippen LogP) is 2.18. The molecule has 1 aromatic carbocycles. The Balaban J connectivity index is 1.96. The summed E-state index contributed by atoms with van der Waals surface area (Å²) in [6.45, 7) is 1.04. The fraction of sp³-hybridized carbons (Fsp3) is 0.429.